The van der Waals surface area contributed by atoms with Crippen LogP contribution in [0.15, 0.2) is 66.3 Å². The zero-order valence-electron chi connectivity index (χ0n) is 24.5. The lowest BCUT2D eigenvalue weighted by Crippen LogP contribution is -2.63. The minimum atomic E-state index is -1.53. The predicted octanol–water partition coefficient (Wildman–Crippen LogP) is 4.60. The van der Waals surface area contributed by atoms with E-state index in [1.807, 2.05) is 37.3 Å². The van der Waals surface area contributed by atoms with Crippen LogP contribution in [0, 0.1) is 34.4 Å². The number of ether oxygens (including phenoxy) is 2. The summed E-state index contributed by atoms with van der Waals surface area (Å²) >= 11 is 0. The van der Waals surface area contributed by atoms with Crippen LogP contribution in [0.2, 0.25) is 0 Å². The van der Waals surface area contributed by atoms with Crippen LogP contribution in [0.4, 0.5) is 10.1 Å². The minimum Gasteiger partial charge on any atom is -0.399 e. The predicted molar refractivity (Wildman–Crippen MR) is 157 cm³/mol. The van der Waals surface area contributed by atoms with Gasteiger partial charge in [0.05, 0.1) is 12.2 Å². The van der Waals surface area contributed by atoms with Gasteiger partial charge < -0.3 is 25.4 Å². The number of hydrogen-bond acceptors (Lipinski definition) is 7. The minimum absolute atomic E-state index is 0.0263. The Morgan fingerprint density at radius 2 is 1.88 bits per heavy atom. The fourth-order valence-corrected chi connectivity index (χ4v) is 9.58. The van der Waals surface area contributed by atoms with Crippen LogP contribution < -0.4 is 5.73 Å². The molecule has 8 heteroatoms. The van der Waals surface area contributed by atoms with E-state index in [0.29, 0.717) is 18.5 Å². The van der Waals surface area contributed by atoms with Gasteiger partial charge in [0.2, 0.25) is 0 Å². The van der Waals surface area contributed by atoms with Gasteiger partial charge in [0, 0.05) is 28.0 Å². The molecule has 0 spiro atoms. The standard InChI is InChI=1S/C35H38FNO6/c1-33-12-11-23(39)15-21(33)6-9-24-26-16-30-35(29(41)18-38,34(26,2)17-28(40)31(24)33)43-32(42-30)25-14-20(5-10-27(25)36)13-19-3-7-22(37)8-4-19/h3-5,7-8,10-12,14-15,24,26,28,30-32,38,40H,6,9,13,16-18,37H2,1-2H3/t24-,26-,28-,30+,31+,32+,33-,34-,35+/m0/s1. The molecule has 0 unspecified atom stereocenters. The number of ketones is 2. The lowest BCUT2D eigenvalue weighted by Gasteiger charge is -2.59. The highest BCUT2D eigenvalue weighted by molar-refractivity contribution is 6.01. The highest BCUT2D eigenvalue weighted by atomic mass is 19.1. The summed E-state index contributed by atoms with van der Waals surface area (Å²) in [6, 6.07) is 12.3. The molecule has 9 atom stereocenters. The number of aliphatic hydroxyl groups is 2. The van der Waals surface area contributed by atoms with Crippen LogP contribution in [0.1, 0.15) is 62.5 Å². The first-order valence-corrected chi connectivity index (χ1v) is 15.2. The molecule has 1 saturated heterocycles. The van der Waals surface area contributed by atoms with Gasteiger partial charge in [-0.25, -0.2) is 4.39 Å². The highest BCUT2D eigenvalue weighted by Gasteiger charge is 2.76. The number of carbonyl (C=O) groups is 2. The van der Waals surface area contributed by atoms with Crippen molar-refractivity contribution in [1.82, 2.24) is 0 Å². The summed E-state index contributed by atoms with van der Waals surface area (Å²) in [5.74, 6) is -1.14. The molecule has 4 aliphatic carbocycles. The molecular formula is C35H38FNO6. The van der Waals surface area contributed by atoms with E-state index in [0.717, 1.165) is 29.5 Å². The van der Waals surface area contributed by atoms with Crippen LogP contribution in [0.25, 0.3) is 0 Å². The van der Waals surface area contributed by atoms with Gasteiger partial charge in [-0.2, -0.15) is 0 Å². The molecule has 43 heavy (non-hydrogen) atoms. The number of nitrogen functional groups attached to an aromatic ring is 1. The van der Waals surface area contributed by atoms with E-state index in [1.165, 1.54) is 6.07 Å². The van der Waals surface area contributed by atoms with Crippen molar-refractivity contribution in [2.75, 3.05) is 12.3 Å². The molecule has 0 aromatic heterocycles. The number of anilines is 1. The third-order valence-corrected chi connectivity index (χ3v) is 11.5. The number of nitrogens with two attached hydrogens (primary N) is 1. The second-order valence-electron chi connectivity index (χ2n) is 13.6. The quantitative estimate of drug-likeness (QED) is 0.438. The Morgan fingerprint density at radius 1 is 1.14 bits per heavy atom. The zero-order chi connectivity index (χ0) is 30.3. The molecule has 1 heterocycles. The number of halogens is 1. The van der Waals surface area contributed by atoms with Crippen molar-refractivity contribution >= 4 is 17.3 Å². The Hall–Kier alpha value is -3.17. The van der Waals surface area contributed by atoms with Gasteiger partial charge in [-0.3, -0.25) is 9.59 Å². The summed E-state index contributed by atoms with van der Waals surface area (Å²) in [5.41, 5.74) is 6.77. The van der Waals surface area contributed by atoms with E-state index in [2.05, 4.69) is 6.92 Å². The van der Waals surface area contributed by atoms with Crippen molar-refractivity contribution in [3.8, 4) is 0 Å². The zero-order valence-corrected chi connectivity index (χ0v) is 24.5. The van der Waals surface area contributed by atoms with Crippen LogP contribution in [-0.2, 0) is 25.5 Å². The summed E-state index contributed by atoms with van der Waals surface area (Å²) in [7, 11) is 0. The molecule has 0 bridgehead atoms. The molecule has 2 aromatic rings. The molecule has 7 rings (SSSR count). The Labute approximate surface area is 250 Å². The Kier molecular flexibility index (Phi) is 6.60. The maximum absolute atomic E-state index is 15.4. The van der Waals surface area contributed by atoms with Crippen molar-refractivity contribution in [3.05, 3.63) is 88.8 Å². The monoisotopic (exact) mass is 587 g/mol. The van der Waals surface area contributed by atoms with Gasteiger partial charge >= 0.3 is 0 Å². The smallest absolute Gasteiger partial charge is 0.193 e. The Balaban J connectivity index is 1.22. The number of Topliss-reactive ketones (excluding diaryl/α,β-unsaturated/α-hetero) is 1. The number of rotatable bonds is 5. The fraction of sp³-hybridized carbons (Fsp3) is 0.486. The van der Waals surface area contributed by atoms with Crippen molar-refractivity contribution in [2.24, 2.45) is 28.6 Å². The third kappa shape index (κ3) is 4.06. The molecule has 4 N–H and O–H groups in total. The molecular weight excluding hydrogens is 549 g/mol. The lowest BCUT2D eigenvalue weighted by atomic mass is 9.46. The molecule has 7 nitrogen and oxygen atoms in total. The SMILES string of the molecule is C[C@]12C=CC(=O)C=C1CC[C@@H]1[C@@H]2[C@@H](O)C[C@@]2(C)[C@H]1C[C@H]1O[C@@H](c3cc(Cc4ccc(N)cc4)ccc3F)O[C@]12C(=O)CO. The first kappa shape index (κ1) is 28.6. The van der Waals surface area contributed by atoms with E-state index >= 15 is 4.39 Å². The molecule has 1 aliphatic heterocycles. The molecule has 0 amide bonds. The van der Waals surface area contributed by atoms with Crippen LogP contribution in [0.5, 0.6) is 0 Å². The van der Waals surface area contributed by atoms with Crippen LogP contribution in [0.3, 0.4) is 0 Å². The molecule has 5 aliphatic rings. The average Bonchev–Trinajstić information content (AvgIpc) is 3.48. The first-order chi connectivity index (χ1) is 20.5. The van der Waals surface area contributed by atoms with E-state index < -0.39 is 53.1 Å². The average molecular weight is 588 g/mol. The van der Waals surface area contributed by atoms with E-state index in [1.54, 1.807) is 24.3 Å². The Bertz CT molecular complexity index is 1550. The topological polar surface area (TPSA) is 119 Å². The van der Waals surface area contributed by atoms with E-state index in [9.17, 15) is 19.8 Å². The van der Waals surface area contributed by atoms with Crippen LogP contribution in [-0.4, -0.2) is 46.2 Å². The molecule has 2 aromatic carbocycles. The van der Waals surface area contributed by atoms with Gasteiger partial charge in [0.15, 0.2) is 23.5 Å². The number of benzene rings is 2. The lowest BCUT2D eigenvalue weighted by molar-refractivity contribution is -0.201. The number of allylic oxidation sites excluding steroid dienone is 4. The number of fused-ring (bicyclic) bond motifs is 7. The second kappa shape index (κ2) is 9.92. The fourth-order valence-electron chi connectivity index (χ4n) is 9.58. The maximum atomic E-state index is 15.4. The molecule has 4 fully saturated rings. The Morgan fingerprint density at radius 3 is 2.63 bits per heavy atom. The van der Waals surface area contributed by atoms with Gasteiger partial charge in [-0.1, -0.05) is 43.7 Å². The van der Waals surface area contributed by atoms with Gasteiger partial charge in [-0.05, 0) is 91.5 Å². The van der Waals surface area contributed by atoms with Crippen molar-refractivity contribution < 1.29 is 33.7 Å². The third-order valence-electron chi connectivity index (χ3n) is 11.5. The van der Waals surface area contributed by atoms with Gasteiger partial charge in [0.1, 0.15) is 12.4 Å². The van der Waals surface area contributed by atoms with Crippen molar-refractivity contribution in [3.63, 3.8) is 0 Å². The molecule has 3 saturated carbocycles. The van der Waals surface area contributed by atoms with Crippen molar-refractivity contribution in [2.45, 2.75) is 70.1 Å². The van der Waals surface area contributed by atoms with E-state index in [-0.39, 0.29) is 35.5 Å². The molecule has 0 radical (unpaired) electrons. The largest absolute Gasteiger partial charge is 0.399 e. The summed E-state index contributed by atoms with van der Waals surface area (Å²) in [6.07, 6.45) is 5.46. The summed E-state index contributed by atoms with van der Waals surface area (Å²) in [4.78, 5) is 25.9. The van der Waals surface area contributed by atoms with Gasteiger partial charge in [-0.15, -0.1) is 0 Å². The number of carbonyl (C=O) groups excluding carboxylic acids is 2. The maximum Gasteiger partial charge on any atom is 0.193 e. The number of aliphatic hydroxyl groups excluding tert-OH is 2. The first-order valence-electron chi connectivity index (χ1n) is 15.2. The van der Waals surface area contributed by atoms with E-state index in [4.69, 9.17) is 15.2 Å². The highest BCUT2D eigenvalue weighted by Crippen LogP contribution is 2.70. The summed E-state index contributed by atoms with van der Waals surface area (Å²) in [5, 5.41) is 22.0. The number of hydrogen-bond donors (Lipinski definition) is 3. The van der Waals surface area contributed by atoms with Crippen LogP contribution >= 0.6 is 0 Å². The normalized spacial score (nSPS) is 39.5. The molecule has 226 valence electrons. The summed E-state index contributed by atoms with van der Waals surface area (Å²) < 4.78 is 28.4. The second-order valence-corrected chi connectivity index (χ2v) is 13.6. The van der Waals surface area contributed by atoms with Gasteiger partial charge in [0.25, 0.3) is 0 Å². The van der Waals surface area contributed by atoms with Crippen molar-refractivity contribution in [1.29, 1.82) is 0 Å². The summed E-state index contributed by atoms with van der Waals surface area (Å²) in [6.45, 7) is 3.32.